The lowest BCUT2D eigenvalue weighted by Crippen LogP contribution is -2.48. The molecule has 96 valence electrons. The molecule has 0 aliphatic rings. The molecule has 1 N–H and O–H groups in total. The van der Waals surface area contributed by atoms with Crippen molar-refractivity contribution in [1.29, 1.82) is 5.53 Å². The minimum absolute atomic E-state index is 0.312. The van der Waals surface area contributed by atoms with Gasteiger partial charge in [-0.3, -0.25) is 14.4 Å². The molecule has 0 spiro atoms. The summed E-state index contributed by atoms with van der Waals surface area (Å²) in [5.74, 6) is -1.66. The molecule has 7 heteroatoms. The summed E-state index contributed by atoms with van der Waals surface area (Å²) >= 11 is 0. The zero-order valence-electron chi connectivity index (χ0n) is 10.3. The third kappa shape index (κ3) is 4.29. The third-order valence-electron chi connectivity index (χ3n) is 2.32. The second kappa shape index (κ2) is 6.07. The SMILES string of the molecule is CC(=O)OCC(OC(C)=O)C(C)(N=N)C(C)=O. The lowest BCUT2D eigenvalue weighted by Gasteiger charge is -2.29. The molecule has 0 fully saturated rings. The summed E-state index contributed by atoms with van der Waals surface area (Å²) < 4.78 is 9.56. The van der Waals surface area contributed by atoms with Crippen molar-refractivity contribution < 1.29 is 23.9 Å². The fraction of sp³-hybridized carbons (Fsp3) is 0.700. The maximum absolute atomic E-state index is 11.4. The van der Waals surface area contributed by atoms with E-state index in [1.807, 2.05) is 0 Å². The van der Waals surface area contributed by atoms with E-state index in [9.17, 15) is 14.4 Å². The van der Waals surface area contributed by atoms with Crippen molar-refractivity contribution in [2.24, 2.45) is 5.11 Å². The van der Waals surface area contributed by atoms with Crippen LogP contribution in [0, 0.1) is 5.53 Å². The average molecular weight is 244 g/mol. The largest absolute Gasteiger partial charge is 0.462 e. The van der Waals surface area contributed by atoms with Gasteiger partial charge < -0.3 is 9.47 Å². The first-order valence-electron chi connectivity index (χ1n) is 4.94. The van der Waals surface area contributed by atoms with Gasteiger partial charge in [-0.25, -0.2) is 5.53 Å². The van der Waals surface area contributed by atoms with Crippen LogP contribution in [0.1, 0.15) is 27.7 Å². The van der Waals surface area contributed by atoms with Crippen LogP contribution >= 0.6 is 0 Å². The van der Waals surface area contributed by atoms with Crippen molar-refractivity contribution in [2.75, 3.05) is 6.61 Å². The van der Waals surface area contributed by atoms with E-state index in [-0.39, 0.29) is 6.61 Å². The summed E-state index contributed by atoms with van der Waals surface area (Å²) in [7, 11) is 0. The van der Waals surface area contributed by atoms with Gasteiger partial charge in [-0.15, -0.1) is 0 Å². The Labute approximate surface area is 99.0 Å². The average Bonchev–Trinajstić information content (AvgIpc) is 2.21. The lowest BCUT2D eigenvalue weighted by atomic mass is 9.91. The standard InChI is InChI=1S/C10H16N2O5/c1-6(13)10(4,12-11)9(17-8(3)15)5-16-7(2)14/h9,11H,5H2,1-4H3. The molecule has 0 rings (SSSR count). The Kier molecular flexibility index (Phi) is 5.43. The Morgan fingerprint density at radius 1 is 1.24 bits per heavy atom. The van der Waals surface area contributed by atoms with Gasteiger partial charge >= 0.3 is 11.9 Å². The minimum Gasteiger partial charge on any atom is -0.462 e. The molecule has 2 unspecified atom stereocenters. The number of ether oxygens (including phenoxy) is 2. The summed E-state index contributed by atoms with van der Waals surface area (Å²) in [5.41, 5.74) is 5.48. The summed E-state index contributed by atoms with van der Waals surface area (Å²) in [6.07, 6.45) is -1.10. The van der Waals surface area contributed by atoms with E-state index in [1.54, 1.807) is 0 Å². The van der Waals surface area contributed by atoms with Gasteiger partial charge in [-0.05, 0) is 13.8 Å². The number of ketones is 1. The van der Waals surface area contributed by atoms with Crippen molar-refractivity contribution in [1.82, 2.24) is 0 Å². The van der Waals surface area contributed by atoms with Crippen molar-refractivity contribution in [3.63, 3.8) is 0 Å². The van der Waals surface area contributed by atoms with Crippen LogP contribution in [0.15, 0.2) is 5.11 Å². The van der Waals surface area contributed by atoms with Gasteiger partial charge in [-0.1, -0.05) is 0 Å². The predicted molar refractivity (Wildman–Crippen MR) is 56.4 cm³/mol. The van der Waals surface area contributed by atoms with Crippen molar-refractivity contribution in [2.45, 2.75) is 39.3 Å². The number of hydrogen-bond donors (Lipinski definition) is 1. The maximum atomic E-state index is 11.4. The van der Waals surface area contributed by atoms with Gasteiger partial charge in [-0.2, -0.15) is 5.11 Å². The first-order chi connectivity index (χ1) is 7.74. The number of hydrogen-bond acceptors (Lipinski definition) is 7. The Morgan fingerprint density at radius 2 is 1.76 bits per heavy atom. The summed E-state index contributed by atoms with van der Waals surface area (Å²) in [6, 6.07) is 0. The molecule has 0 bridgehead atoms. The van der Waals surface area contributed by atoms with E-state index in [4.69, 9.17) is 15.0 Å². The fourth-order valence-corrected chi connectivity index (χ4v) is 1.08. The topological polar surface area (TPSA) is 106 Å². The highest BCUT2D eigenvalue weighted by Gasteiger charge is 2.42. The van der Waals surface area contributed by atoms with Gasteiger partial charge in [0, 0.05) is 13.8 Å². The molecule has 0 aliphatic carbocycles. The number of nitrogens with one attached hydrogen (secondary N) is 1. The van der Waals surface area contributed by atoms with Crippen LogP contribution in [-0.4, -0.2) is 36.0 Å². The Bertz CT molecular complexity index is 342. The van der Waals surface area contributed by atoms with Gasteiger partial charge in [0.15, 0.2) is 17.4 Å². The molecule has 0 aliphatic heterocycles. The Balaban J connectivity index is 4.99. The smallest absolute Gasteiger partial charge is 0.303 e. The van der Waals surface area contributed by atoms with Gasteiger partial charge in [0.1, 0.15) is 6.61 Å². The number of carbonyl (C=O) groups is 3. The molecule has 0 aromatic heterocycles. The Hall–Kier alpha value is -1.79. The molecule has 2 atom stereocenters. The van der Waals surface area contributed by atoms with E-state index in [0.29, 0.717) is 0 Å². The van der Waals surface area contributed by atoms with E-state index in [2.05, 4.69) is 5.11 Å². The highest BCUT2D eigenvalue weighted by molar-refractivity contribution is 5.87. The minimum atomic E-state index is -1.54. The van der Waals surface area contributed by atoms with Crippen molar-refractivity contribution in [3.05, 3.63) is 0 Å². The molecule has 0 aromatic rings. The van der Waals surface area contributed by atoms with E-state index in [0.717, 1.165) is 6.92 Å². The molecule has 7 nitrogen and oxygen atoms in total. The van der Waals surface area contributed by atoms with Crippen LogP contribution in [0.3, 0.4) is 0 Å². The molecule has 0 heterocycles. The highest BCUT2D eigenvalue weighted by atomic mass is 16.6. The third-order valence-corrected chi connectivity index (χ3v) is 2.32. The summed E-state index contributed by atoms with van der Waals surface area (Å²) in [4.78, 5) is 33.0. The maximum Gasteiger partial charge on any atom is 0.303 e. The van der Waals surface area contributed by atoms with E-state index >= 15 is 0 Å². The van der Waals surface area contributed by atoms with Gasteiger partial charge in [0.2, 0.25) is 0 Å². The van der Waals surface area contributed by atoms with Crippen LogP contribution in [0.2, 0.25) is 0 Å². The molecule has 0 saturated heterocycles. The first kappa shape index (κ1) is 15.2. The number of Topliss-reactive ketones (excluding diaryl/α,β-unsaturated/α-hetero) is 1. The zero-order valence-corrected chi connectivity index (χ0v) is 10.3. The molecule has 0 radical (unpaired) electrons. The van der Waals surface area contributed by atoms with Crippen molar-refractivity contribution in [3.8, 4) is 0 Å². The molecule has 0 amide bonds. The molecular weight excluding hydrogens is 228 g/mol. The predicted octanol–water partition coefficient (Wildman–Crippen LogP) is 0.860. The van der Waals surface area contributed by atoms with Crippen LogP contribution in [-0.2, 0) is 23.9 Å². The van der Waals surface area contributed by atoms with E-state index in [1.165, 1.54) is 20.8 Å². The van der Waals surface area contributed by atoms with E-state index < -0.39 is 29.4 Å². The van der Waals surface area contributed by atoms with Crippen LogP contribution in [0.5, 0.6) is 0 Å². The van der Waals surface area contributed by atoms with Crippen LogP contribution in [0.4, 0.5) is 0 Å². The molecule has 0 saturated carbocycles. The summed E-state index contributed by atoms with van der Waals surface area (Å²) in [6.45, 7) is 4.61. The van der Waals surface area contributed by atoms with Gasteiger partial charge in [0.25, 0.3) is 0 Å². The van der Waals surface area contributed by atoms with Gasteiger partial charge in [0.05, 0.1) is 0 Å². The van der Waals surface area contributed by atoms with Crippen LogP contribution < -0.4 is 0 Å². The summed E-state index contributed by atoms with van der Waals surface area (Å²) in [5, 5.41) is 3.18. The molecular formula is C10H16N2O5. The quantitative estimate of drug-likeness (QED) is 0.551. The number of rotatable bonds is 6. The first-order valence-corrected chi connectivity index (χ1v) is 4.94. The second-order valence-electron chi connectivity index (χ2n) is 3.72. The molecule has 17 heavy (non-hydrogen) atoms. The Morgan fingerprint density at radius 3 is 2.06 bits per heavy atom. The fourth-order valence-electron chi connectivity index (χ4n) is 1.08. The highest BCUT2D eigenvalue weighted by Crippen LogP contribution is 2.21. The number of carbonyl (C=O) groups excluding carboxylic acids is 3. The van der Waals surface area contributed by atoms with Crippen molar-refractivity contribution >= 4 is 17.7 Å². The molecule has 0 aromatic carbocycles. The second-order valence-corrected chi connectivity index (χ2v) is 3.72. The lowest BCUT2D eigenvalue weighted by molar-refractivity contribution is -0.162. The zero-order chi connectivity index (χ0) is 13.6. The van der Waals surface area contributed by atoms with Crippen LogP contribution in [0.25, 0.3) is 0 Å². The number of nitrogens with zero attached hydrogens (tertiary/aromatic N) is 1. The number of esters is 2. The monoisotopic (exact) mass is 244 g/mol. The normalized spacial score (nSPS) is 15.3.